The van der Waals surface area contributed by atoms with Crippen LogP contribution in [0.2, 0.25) is 0 Å². The number of benzene rings is 3. The van der Waals surface area contributed by atoms with Crippen LogP contribution in [0.5, 0.6) is 0 Å². The van der Waals surface area contributed by atoms with Gasteiger partial charge in [0.1, 0.15) is 4.70 Å². The van der Waals surface area contributed by atoms with E-state index in [1.54, 1.807) is 23.1 Å². The highest BCUT2D eigenvalue weighted by atomic mass is 32.2. The minimum Gasteiger partial charge on any atom is -0.748 e. The summed E-state index contributed by atoms with van der Waals surface area (Å²) in [7, 11) is -4.25. The van der Waals surface area contributed by atoms with Crippen molar-refractivity contribution in [2.24, 2.45) is 0 Å². The van der Waals surface area contributed by atoms with E-state index in [0.717, 1.165) is 23.5 Å². The van der Waals surface area contributed by atoms with Crippen LogP contribution in [-0.2, 0) is 16.7 Å². The van der Waals surface area contributed by atoms with Crippen molar-refractivity contribution in [3.63, 3.8) is 0 Å². The van der Waals surface area contributed by atoms with Gasteiger partial charge in [0, 0.05) is 41.1 Å². The van der Waals surface area contributed by atoms with E-state index in [4.69, 9.17) is 0 Å². The summed E-state index contributed by atoms with van der Waals surface area (Å²) in [6.07, 6.45) is 5.65. The quantitative estimate of drug-likeness (QED) is 0.177. The third kappa shape index (κ3) is 5.48. The van der Waals surface area contributed by atoms with E-state index in [0.29, 0.717) is 6.54 Å². The van der Waals surface area contributed by atoms with Gasteiger partial charge in [-0.3, -0.25) is 0 Å². The van der Waals surface area contributed by atoms with Crippen LogP contribution < -0.4 is 9.47 Å². The Hall–Kier alpha value is -2.65. The Balaban J connectivity index is 1.59. The maximum absolute atomic E-state index is 11.3. The number of allylic oxidation sites excluding steroid dienone is 2. The van der Waals surface area contributed by atoms with Crippen molar-refractivity contribution in [2.45, 2.75) is 45.1 Å². The Bertz CT molecular complexity index is 1650. The molecule has 1 aromatic heterocycles. The smallest absolute Gasteiger partial charge is 0.263 e. The van der Waals surface area contributed by atoms with Gasteiger partial charge < -0.3 is 9.45 Å². The normalized spacial score (nSPS) is 15.3. The molecule has 0 unspecified atom stereocenters. The standard InChI is InChI=1S/C29H30N2O3S3/c1-4-21(18-27-30(5-2)25-17-20(3)11-14-26(25)35-27)19-28-31(15-8-16-37(32,33)34)24-13-12-22-9-6-7-10-23(22)29(24)36-28/h6-7,9-14,17-19H,4-5,8,15-16H2,1-3H3. The highest BCUT2D eigenvalue weighted by Crippen LogP contribution is 2.46. The molecular weight excluding hydrogens is 521 g/mol. The first-order valence-electron chi connectivity index (χ1n) is 12.5. The Morgan fingerprint density at radius 3 is 2.68 bits per heavy atom. The minimum absolute atomic E-state index is 0.284. The van der Waals surface area contributed by atoms with Gasteiger partial charge in [-0.1, -0.05) is 60.4 Å². The molecule has 3 aromatic carbocycles. The van der Waals surface area contributed by atoms with Gasteiger partial charge in [0.2, 0.25) is 5.52 Å². The molecule has 0 N–H and O–H groups in total. The van der Waals surface area contributed by atoms with Crippen LogP contribution in [0.25, 0.3) is 27.1 Å². The zero-order chi connectivity index (χ0) is 26.2. The number of aromatic nitrogens is 1. The summed E-state index contributed by atoms with van der Waals surface area (Å²) >= 11 is 3.52. The van der Waals surface area contributed by atoms with E-state index >= 15 is 0 Å². The van der Waals surface area contributed by atoms with E-state index in [-0.39, 0.29) is 12.2 Å². The number of rotatable bonds is 8. The zero-order valence-electron chi connectivity index (χ0n) is 21.2. The molecule has 0 atom stereocenters. The molecule has 0 aliphatic carbocycles. The average Bonchev–Trinajstić information content (AvgIpc) is 3.39. The first kappa shape index (κ1) is 26.0. The molecule has 192 valence electrons. The zero-order valence-corrected chi connectivity index (χ0v) is 23.7. The van der Waals surface area contributed by atoms with Crippen LogP contribution in [0.4, 0.5) is 5.69 Å². The summed E-state index contributed by atoms with van der Waals surface area (Å²) in [4.78, 5) is 3.64. The molecule has 4 aromatic rings. The first-order valence-corrected chi connectivity index (χ1v) is 15.7. The van der Waals surface area contributed by atoms with Crippen molar-refractivity contribution in [2.75, 3.05) is 17.2 Å². The van der Waals surface area contributed by atoms with Gasteiger partial charge in [0.15, 0.2) is 6.54 Å². The van der Waals surface area contributed by atoms with Crippen molar-refractivity contribution in [3.05, 3.63) is 81.8 Å². The van der Waals surface area contributed by atoms with Gasteiger partial charge in [-0.15, -0.1) is 0 Å². The molecule has 8 heteroatoms. The predicted octanol–water partition coefficient (Wildman–Crippen LogP) is 6.85. The maximum atomic E-state index is 11.3. The second kappa shape index (κ2) is 10.6. The highest BCUT2D eigenvalue weighted by molar-refractivity contribution is 8.03. The highest BCUT2D eigenvalue weighted by Gasteiger charge is 2.25. The van der Waals surface area contributed by atoms with Crippen molar-refractivity contribution in [3.8, 4) is 0 Å². The Kier molecular flexibility index (Phi) is 7.45. The summed E-state index contributed by atoms with van der Waals surface area (Å²) in [5.41, 5.74) is 4.78. The molecule has 0 fully saturated rings. The number of fused-ring (bicyclic) bond motifs is 4. The molecule has 0 spiro atoms. The first-order chi connectivity index (χ1) is 17.8. The topological polar surface area (TPSA) is 64.3 Å². The second-order valence-electron chi connectivity index (χ2n) is 9.22. The number of nitrogens with zero attached hydrogens (tertiary/aromatic N) is 2. The van der Waals surface area contributed by atoms with E-state index in [1.807, 2.05) is 12.1 Å². The molecule has 0 amide bonds. The van der Waals surface area contributed by atoms with Gasteiger partial charge in [0.25, 0.3) is 5.01 Å². The fourth-order valence-electron chi connectivity index (χ4n) is 4.77. The fourth-order valence-corrected chi connectivity index (χ4v) is 7.74. The van der Waals surface area contributed by atoms with E-state index < -0.39 is 10.1 Å². The van der Waals surface area contributed by atoms with E-state index in [2.05, 4.69) is 84.9 Å². The average molecular weight is 551 g/mol. The van der Waals surface area contributed by atoms with E-state index in [1.165, 1.54) is 42.2 Å². The summed E-state index contributed by atoms with van der Waals surface area (Å²) in [5, 5.41) is 4.63. The van der Waals surface area contributed by atoms with Crippen molar-refractivity contribution < 1.29 is 17.5 Å². The van der Waals surface area contributed by atoms with E-state index in [9.17, 15) is 13.0 Å². The summed E-state index contributed by atoms with van der Waals surface area (Å²) < 4.78 is 37.2. The Labute approximate surface area is 226 Å². The molecular formula is C29H30N2O3S3. The van der Waals surface area contributed by atoms with Crippen LogP contribution >= 0.6 is 23.1 Å². The van der Waals surface area contributed by atoms with Gasteiger partial charge >= 0.3 is 0 Å². The third-order valence-electron chi connectivity index (χ3n) is 6.63. The molecule has 37 heavy (non-hydrogen) atoms. The van der Waals surface area contributed by atoms with Crippen LogP contribution in [0.1, 0.15) is 37.3 Å². The Morgan fingerprint density at radius 1 is 1.11 bits per heavy atom. The largest absolute Gasteiger partial charge is 0.748 e. The van der Waals surface area contributed by atoms with Gasteiger partial charge in [-0.25, -0.2) is 8.42 Å². The monoisotopic (exact) mass is 550 g/mol. The number of thioether (sulfide) groups is 1. The molecule has 0 bridgehead atoms. The number of anilines is 1. The lowest BCUT2D eigenvalue weighted by molar-refractivity contribution is -0.668. The molecule has 0 saturated heterocycles. The SMILES string of the molecule is CCC(=C\c1sc2c3ccccc3ccc2[n+]1CCCS(=O)(=O)[O-])/C=C1/Sc2ccc(C)cc2N1CC. The lowest BCUT2D eigenvalue weighted by Gasteiger charge is -2.18. The van der Waals surface area contributed by atoms with Gasteiger partial charge in [-0.05, 0) is 61.1 Å². The van der Waals surface area contributed by atoms with Crippen LogP contribution in [0.3, 0.4) is 0 Å². The number of hydrogen-bond donors (Lipinski definition) is 0. The van der Waals surface area contributed by atoms with Crippen LogP contribution in [0, 0.1) is 6.92 Å². The predicted molar refractivity (Wildman–Crippen MR) is 155 cm³/mol. The number of hydrogen-bond acceptors (Lipinski definition) is 6. The van der Waals surface area contributed by atoms with Crippen LogP contribution in [-0.4, -0.2) is 25.3 Å². The molecule has 2 heterocycles. The molecule has 5 nitrogen and oxygen atoms in total. The Morgan fingerprint density at radius 2 is 1.92 bits per heavy atom. The fraction of sp³-hybridized carbons (Fsp3) is 0.276. The minimum atomic E-state index is -4.25. The molecule has 1 aliphatic heterocycles. The van der Waals surface area contributed by atoms with Crippen molar-refractivity contribution in [1.29, 1.82) is 0 Å². The van der Waals surface area contributed by atoms with Crippen LogP contribution in [0.15, 0.2) is 76.2 Å². The summed E-state index contributed by atoms with van der Waals surface area (Å²) in [6, 6.07) is 19.1. The molecule has 0 radical (unpaired) electrons. The molecule has 1 aliphatic rings. The summed E-state index contributed by atoms with van der Waals surface area (Å²) in [6.45, 7) is 7.83. The maximum Gasteiger partial charge on any atom is 0.263 e. The summed E-state index contributed by atoms with van der Waals surface area (Å²) in [5.74, 6) is -0.363. The van der Waals surface area contributed by atoms with Crippen molar-refractivity contribution in [1.82, 2.24) is 0 Å². The van der Waals surface area contributed by atoms with Crippen molar-refractivity contribution >= 4 is 66.0 Å². The second-order valence-corrected chi connectivity index (χ2v) is 12.8. The van der Waals surface area contributed by atoms with Gasteiger partial charge in [0.05, 0.1) is 20.8 Å². The van der Waals surface area contributed by atoms with Gasteiger partial charge in [-0.2, -0.15) is 4.57 Å². The number of aryl methyl sites for hydroxylation is 2. The lowest BCUT2D eigenvalue weighted by atomic mass is 10.1. The lowest BCUT2D eigenvalue weighted by Crippen LogP contribution is -2.36. The molecule has 0 saturated carbocycles. The third-order valence-corrected chi connectivity index (χ3v) is 9.71. The number of thiazole rings is 1. The molecule has 5 rings (SSSR count).